The lowest BCUT2D eigenvalue weighted by Crippen LogP contribution is -2.27. The molecule has 0 unspecified atom stereocenters. The molecule has 0 aliphatic heterocycles. The number of fused-ring (bicyclic) bond motifs is 1. The normalized spacial score (nSPS) is 10.8. The highest BCUT2D eigenvalue weighted by molar-refractivity contribution is 7.99. The molecule has 0 atom stereocenters. The quantitative estimate of drug-likeness (QED) is 0.489. The summed E-state index contributed by atoms with van der Waals surface area (Å²) in [6, 6.07) is 14.3. The molecule has 6 nitrogen and oxygen atoms in total. The highest BCUT2D eigenvalue weighted by Crippen LogP contribution is 2.22. The average molecular weight is 355 g/mol. The van der Waals surface area contributed by atoms with E-state index in [1.54, 1.807) is 31.4 Å². The van der Waals surface area contributed by atoms with Gasteiger partial charge in [-0.15, -0.1) is 0 Å². The molecule has 0 bridgehead atoms. The summed E-state index contributed by atoms with van der Waals surface area (Å²) >= 11 is 0.966. The van der Waals surface area contributed by atoms with E-state index < -0.39 is 5.97 Å². The fourth-order valence-corrected chi connectivity index (χ4v) is 3.24. The van der Waals surface area contributed by atoms with Crippen molar-refractivity contribution < 1.29 is 14.6 Å². The van der Waals surface area contributed by atoms with E-state index >= 15 is 0 Å². The Balaban J connectivity index is 2.13. The third-order valence-electron chi connectivity index (χ3n) is 3.67. The summed E-state index contributed by atoms with van der Waals surface area (Å²) in [5.74, 6) is -0.842. The number of carboxylic acid groups (broad SMARTS) is 1. The average Bonchev–Trinajstić information content (AvgIpc) is 2.63. The molecule has 0 fully saturated rings. The Labute approximate surface area is 148 Å². The van der Waals surface area contributed by atoms with Gasteiger partial charge in [0.2, 0.25) is 0 Å². The van der Waals surface area contributed by atoms with Crippen LogP contribution in [-0.4, -0.2) is 28.4 Å². The molecule has 3 rings (SSSR count). The van der Waals surface area contributed by atoms with Gasteiger partial charge in [-0.3, -0.25) is 9.36 Å². The minimum absolute atomic E-state index is 0.225. The van der Waals surface area contributed by atoms with Crippen LogP contribution in [0.2, 0.25) is 0 Å². The molecule has 3 aromatic rings. The van der Waals surface area contributed by atoms with Crippen LogP contribution in [0.5, 0.6) is 5.75 Å². The van der Waals surface area contributed by atoms with Gasteiger partial charge in [-0.2, -0.15) is 0 Å². The Morgan fingerprint density at radius 1 is 1.20 bits per heavy atom. The molecule has 0 aliphatic carbocycles. The number of aliphatic carboxylic acids is 1. The smallest absolute Gasteiger partial charge is 0.262 e. The van der Waals surface area contributed by atoms with Crippen LogP contribution in [0.25, 0.3) is 10.9 Å². The highest BCUT2D eigenvalue weighted by atomic mass is 32.2. The number of carbonyl (C=O) groups excluding carboxylic acids is 1. The highest BCUT2D eigenvalue weighted by Gasteiger charge is 2.13. The lowest BCUT2D eigenvalue weighted by atomic mass is 10.2. The minimum atomic E-state index is -1.21. The first-order valence-corrected chi connectivity index (χ1v) is 8.53. The van der Waals surface area contributed by atoms with Gasteiger partial charge < -0.3 is 14.6 Å². The third kappa shape index (κ3) is 3.66. The van der Waals surface area contributed by atoms with Crippen molar-refractivity contribution in [3.8, 4) is 5.75 Å². The van der Waals surface area contributed by atoms with Gasteiger partial charge in [-0.1, -0.05) is 42.1 Å². The van der Waals surface area contributed by atoms with Crippen molar-refractivity contribution >= 4 is 28.6 Å². The molecule has 1 heterocycles. The maximum atomic E-state index is 12.9. The number of aromatic nitrogens is 2. The van der Waals surface area contributed by atoms with E-state index in [9.17, 15) is 14.7 Å². The van der Waals surface area contributed by atoms with Gasteiger partial charge in [0.1, 0.15) is 5.75 Å². The fourth-order valence-electron chi connectivity index (χ4n) is 2.52. The molecule has 0 aliphatic rings. The summed E-state index contributed by atoms with van der Waals surface area (Å²) in [7, 11) is 1.56. The molecule has 0 saturated carbocycles. The van der Waals surface area contributed by atoms with Crippen LogP contribution in [0.15, 0.2) is 58.5 Å². The Bertz CT molecular complexity index is 984. The number of thioether (sulfide) groups is 1. The van der Waals surface area contributed by atoms with Crippen molar-refractivity contribution in [2.24, 2.45) is 0 Å². The van der Waals surface area contributed by atoms with Crippen LogP contribution in [0.1, 0.15) is 5.56 Å². The molecule has 128 valence electrons. The molecule has 2 aromatic carbocycles. The molecular formula is C18H15N2O4S-. The van der Waals surface area contributed by atoms with Gasteiger partial charge in [0.15, 0.2) is 5.16 Å². The Kier molecular flexibility index (Phi) is 5.04. The van der Waals surface area contributed by atoms with E-state index in [4.69, 9.17) is 4.74 Å². The van der Waals surface area contributed by atoms with E-state index in [0.717, 1.165) is 17.3 Å². The van der Waals surface area contributed by atoms with Crippen molar-refractivity contribution in [3.05, 3.63) is 64.4 Å². The topological polar surface area (TPSA) is 84.2 Å². The molecule has 0 radical (unpaired) electrons. The number of carbonyl (C=O) groups is 1. The van der Waals surface area contributed by atoms with E-state index in [2.05, 4.69) is 4.98 Å². The summed E-state index contributed by atoms with van der Waals surface area (Å²) in [5, 5.41) is 11.6. The number of para-hydroxylation sites is 2. The van der Waals surface area contributed by atoms with E-state index in [0.29, 0.717) is 21.8 Å². The predicted molar refractivity (Wildman–Crippen MR) is 93.8 cm³/mol. The molecule has 7 heteroatoms. The van der Waals surface area contributed by atoms with E-state index in [-0.39, 0.29) is 17.9 Å². The summed E-state index contributed by atoms with van der Waals surface area (Å²) in [4.78, 5) is 28.2. The number of hydrogen-bond donors (Lipinski definition) is 0. The van der Waals surface area contributed by atoms with Gasteiger partial charge in [0.25, 0.3) is 5.56 Å². The summed E-state index contributed by atoms with van der Waals surface area (Å²) < 4.78 is 6.80. The standard InChI is InChI=1S/C18H16N2O4S/c1-24-15-9-5-2-6-12(15)10-20-17(23)13-7-3-4-8-14(13)19-18(20)25-11-16(21)22/h2-9H,10-11H2,1H3,(H,21,22)/p-1. The SMILES string of the molecule is COc1ccccc1Cn1c(SCC(=O)[O-])nc2ccccc2c1=O. The van der Waals surface area contributed by atoms with Crippen LogP contribution < -0.4 is 15.4 Å². The largest absolute Gasteiger partial charge is 0.549 e. The zero-order valence-corrected chi connectivity index (χ0v) is 14.3. The van der Waals surface area contributed by atoms with E-state index in [1.807, 2.05) is 24.3 Å². The maximum Gasteiger partial charge on any atom is 0.262 e. The Morgan fingerprint density at radius 3 is 2.68 bits per heavy atom. The van der Waals surface area contributed by atoms with Crippen LogP contribution in [0, 0.1) is 0 Å². The number of carboxylic acids is 1. The second-order valence-corrected chi connectivity index (χ2v) is 6.22. The molecule has 1 aromatic heterocycles. The number of methoxy groups -OCH3 is 1. The second kappa shape index (κ2) is 7.40. The van der Waals surface area contributed by atoms with Gasteiger partial charge >= 0.3 is 0 Å². The lowest BCUT2D eigenvalue weighted by molar-refractivity contribution is -0.301. The zero-order valence-electron chi connectivity index (χ0n) is 13.5. The number of benzene rings is 2. The first kappa shape index (κ1) is 17.0. The van der Waals surface area contributed by atoms with Crippen LogP contribution >= 0.6 is 11.8 Å². The monoisotopic (exact) mass is 355 g/mol. The maximum absolute atomic E-state index is 12.9. The Hall–Kier alpha value is -2.80. The van der Waals surface area contributed by atoms with Gasteiger partial charge in [0, 0.05) is 11.3 Å². The van der Waals surface area contributed by atoms with Gasteiger partial charge in [-0.05, 0) is 18.2 Å². The molecule has 0 saturated heterocycles. The summed E-state index contributed by atoms with van der Waals surface area (Å²) in [6.07, 6.45) is 0. The Morgan fingerprint density at radius 2 is 1.92 bits per heavy atom. The summed E-state index contributed by atoms with van der Waals surface area (Å²) in [6.45, 7) is 0.232. The van der Waals surface area contributed by atoms with Crippen molar-refractivity contribution in [2.75, 3.05) is 12.9 Å². The van der Waals surface area contributed by atoms with Crippen LogP contribution in [0.4, 0.5) is 0 Å². The van der Waals surface area contributed by atoms with E-state index in [1.165, 1.54) is 4.57 Å². The second-order valence-electron chi connectivity index (χ2n) is 5.28. The minimum Gasteiger partial charge on any atom is -0.549 e. The van der Waals surface area contributed by atoms with Crippen LogP contribution in [-0.2, 0) is 11.3 Å². The summed E-state index contributed by atoms with van der Waals surface area (Å²) in [5.41, 5.74) is 1.11. The van der Waals surface area contributed by atoms with Crippen LogP contribution in [0.3, 0.4) is 0 Å². The van der Waals surface area contributed by atoms with Crippen molar-refractivity contribution in [2.45, 2.75) is 11.7 Å². The van der Waals surface area contributed by atoms with Crippen molar-refractivity contribution in [1.29, 1.82) is 0 Å². The van der Waals surface area contributed by atoms with Crippen molar-refractivity contribution in [3.63, 3.8) is 0 Å². The van der Waals surface area contributed by atoms with Gasteiger partial charge in [0.05, 0.1) is 30.5 Å². The molecule has 0 N–H and O–H groups in total. The zero-order chi connectivity index (χ0) is 17.8. The first-order valence-electron chi connectivity index (χ1n) is 7.54. The molecular weight excluding hydrogens is 340 g/mol. The predicted octanol–water partition coefficient (Wildman–Crippen LogP) is 1.30. The first-order chi connectivity index (χ1) is 12.1. The third-order valence-corrected chi connectivity index (χ3v) is 4.62. The molecule has 0 spiro atoms. The number of hydrogen-bond acceptors (Lipinski definition) is 6. The molecule has 0 amide bonds. The van der Waals surface area contributed by atoms with Crippen molar-refractivity contribution in [1.82, 2.24) is 9.55 Å². The number of nitrogens with zero attached hydrogens (tertiary/aromatic N) is 2. The number of rotatable bonds is 6. The fraction of sp³-hybridized carbons (Fsp3) is 0.167. The lowest BCUT2D eigenvalue weighted by Gasteiger charge is -2.15. The molecule has 25 heavy (non-hydrogen) atoms. The van der Waals surface area contributed by atoms with Gasteiger partial charge in [-0.25, -0.2) is 4.98 Å². The number of ether oxygens (including phenoxy) is 1.